The summed E-state index contributed by atoms with van der Waals surface area (Å²) in [5.74, 6) is -1.47. The number of carbonyl (C=O) groups is 2. The van der Waals surface area contributed by atoms with E-state index in [0.29, 0.717) is 32.7 Å². The molecule has 8 heteroatoms. The summed E-state index contributed by atoms with van der Waals surface area (Å²) < 4.78 is 26.9. The maximum atomic E-state index is 13.7. The van der Waals surface area contributed by atoms with Crippen LogP contribution in [0.4, 0.5) is 14.5 Å². The van der Waals surface area contributed by atoms with Crippen LogP contribution in [0.2, 0.25) is 0 Å². The molecular formula is C19H26F2N4O2. The van der Waals surface area contributed by atoms with Crippen LogP contribution in [0.15, 0.2) is 18.2 Å². The number of hydrogen-bond donors (Lipinski definition) is 1. The molecule has 2 heterocycles. The van der Waals surface area contributed by atoms with Gasteiger partial charge in [-0.05, 0) is 31.9 Å². The van der Waals surface area contributed by atoms with E-state index in [1.54, 1.807) is 6.92 Å². The fourth-order valence-corrected chi connectivity index (χ4v) is 3.56. The van der Waals surface area contributed by atoms with Crippen LogP contribution in [0.25, 0.3) is 0 Å². The zero-order valence-corrected chi connectivity index (χ0v) is 15.6. The van der Waals surface area contributed by atoms with E-state index in [1.165, 1.54) is 0 Å². The number of nitrogens with one attached hydrogen (secondary N) is 1. The summed E-state index contributed by atoms with van der Waals surface area (Å²) in [7, 11) is 0. The van der Waals surface area contributed by atoms with Crippen molar-refractivity contribution < 1.29 is 18.4 Å². The Morgan fingerprint density at radius 2 is 1.74 bits per heavy atom. The standard InChI is InChI=1S/C19H26F2N4O2/c1-14(19(27)22-17-12-15(20)4-5-16(17)21)24-10-8-23(9-11-24)13-18(26)25-6-2-3-7-25/h4-5,12,14H,2-3,6-11,13H2,1H3,(H,22,27)/t14-/m0/s1. The van der Waals surface area contributed by atoms with Gasteiger partial charge in [-0.1, -0.05) is 0 Å². The Balaban J connectivity index is 1.47. The predicted octanol–water partition coefficient (Wildman–Crippen LogP) is 1.53. The first kappa shape index (κ1) is 19.7. The molecule has 27 heavy (non-hydrogen) atoms. The smallest absolute Gasteiger partial charge is 0.241 e. The fraction of sp³-hybridized carbons (Fsp3) is 0.579. The molecule has 1 atom stereocenters. The average molecular weight is 380 g/mol. The second kappa shape index (κ2) is 8.75. The summed E-state index contributed by atoms with van der Waals surface area (Å²) in [5, 5.41) is 2.46. The molecule has 0 aromatic heterocycles. The van der Waals surface area contributed by atoms with Gasteiger partial charge in [0.2, 0.25) is 11.8 Å². The lowest BCUT2D eigenvalue weighted by Crippen LogP contribution is -2.54. The molecule has 1 aromatic rings. The molecule has 0 bridgehead atoms. The molecule has 6 nitrogen and oxygen atoms in total. The number of likely N-dealkylation sites (tertiary alicyclic amines) is 1. The molecule has 2 aliphatic heterocycles. The zero-order valence-electron chi connectivity index (χ0n) is 15.6. The number of anilines is 1. The van der Waals surface area contributed by atoms with Gasteiger partial charge in [-0.2, -0.15) is 0 Å². The molecule has 3 rings (SSSR count). The van der Waals surface area contributed by atoms with Gasteiger partial charge in [-0.15, -0.1) is 0 Å². The monoisotopic (exact) mass is 380 g/mol. The highest BCUT2D eigenvalue weighted by molar-refractivity contribution is 5.94. The Bertz CT molecular complexity index is 686. The van der Waals surface area contributed by atoms with Gasteiger partial charge in [0.1, 0.15) is 11.6 Å². The lowest BCUT2D eigenvalue weighted by Gasteiger charge is -2.37. The number of carbonyl (C=O) groups excluding carboxylic acids is 2. The van der Waals surface area contributed by atoms with Gasteiger partial charge < -0.3 is 10.2 Å². The van der Waals surface area contributed by atoms with Crippen LogP contribution in [-0.4, -0.2) is 78.4 Å². The fourth-order valence-electron chi connectivity index (χ4n) is 3.56. The minimum absolute atomic E-state index is 0.151. The maximum absolute atomic E-state index is 13.7. The van der Waals surface area contributed by atoms with Crippen molar-refractivity contribution in [2.75, 3.05) is 51.1 Å². The molecule has 2 aliphatic rings. The molecule has 0 saturated carbocycles. The minimum Gasteiger partial charge on any atom is -0.342 e. The number of benzene rings is 1. The third kappa shape index (κ3) is 5.01. The molecule has 2 amide bonds. The average Bonchev–Trinajstić information content (AvgIpc) is 3.19. The van der Waals surface area contributed by atoms with E-state index in [1.807, 2.05) is 9.80 Å². The van der Waals surface area contributed by atoms with E-state index in [4.69, 9.17) is 0 Å². The molecule has 0 aliphatic carbocycles. The van der Waals surface area contributed by atoms with Crippen molar-refractivity contribution in [2.45, 2.75) is 25.8 Å². The van der Waals surface area contributed by atoms with E-state index in [2.05, 4.69) is 10.2 Å². The van der Waals surface area contributed by atoms with Crippen LogP contribution < -0.4 is 5.32 Å². The third-order valence-electron chi connectivity index (χ3n) is 5.34. The maximum Gasteiger partial charge on any atom is 0.241 e. The summed E-state index contributed by atoms with van der Waals surface area (Å²) in [6.07, 6.45) is 2.16. The van der Waals surface area contributed by atoms with Gasteiger partial charge in [-0.25, -0.2) is 8.78 Å². The van der Waals surface area contributed by atoms with Crippen LogP contribution in [0, 0.1) is 11.6 Å². The van der Waals surface area contributed by atoms with Crippen molar-refractivity contribution in [3.8, 4) is 0 Å². The zero-order chi connectivity index (χ0) is 19.4. The van der Waals surface area contributed by atoms with Crippen LogP contribution >= 0.6 is 0 Å². The summed E-state index contributed by atoms with van der Waals surface area (Å²) in [4.78, 5) is 30.6. The van der Waals surface area contributed by atoms with Gasteiger partial charge in [0, 0.05) is 45.3 Å². The number of rotatable bonds is 5. The number of halogens is 2. The van der Waals surface area contributed by atoms with Crippen LogP contribution in [-0.2, 0) is 9.59 Å². The molecule has 2 saturated heterocycles. The SMILES string of the molecule is C[C@@H](C(=O)Nc1cc(F)ccc1F)N1CCN(CC(=O)N2CCCC2)CC1. The lowest BCUT2D eigenvalue weighted by molar-refractivity contribution is -0.132. The topological polar surface area (TPSA) is 55.9 Å². The van der Waals surface area contributed by atoms with Gasteiger partial charge in [0.05, 0.1) is 18.3 Å². The van der Waals surface area contributed by atoms with E-state index in [9.17, 15) is 18.4 Å². The Morgan fingerprint density at radius 1 is 1.07 bits per heavy atom. The lowest BCUT2D eigenvalue weighted by atomic mass is 10.2. The summed E-state index contributed by atoms with van der Waals surface area (Å²) in [5.41, 5.74) is -0.151. The largest absolute Gasteiger partial charge is 0.342 e. The van der Waals surface area contributed by atoms with E-state index < -0.39 is 17.7 Å². The predicted molar refractivity (Wildman–Crippen MR) is 98.3 cm³/mol. The van der Waals surface area contributed by atoms with Gasteiger partial charge in [0.15, 0.2) is 0 Å². The van der Waals surface area contributed by atoms with Crippen molar-refractivity contribution in [2.24, 2.45) is 0 Å². The number of piperazine rings is 1. The van der Waals surface area contributed by atoms with Crippen molar-refractivity contribution >= 4 is 17.5 Å². The molecular weight excluding hydrogens is 354 g/mol. The van der Waals surface area contributed by atoms with Gasteiger partial charge in [-0.3, -0.25) is 19.4 Å². The molecule has 0 spiro atoms. The quantitative estimate of drug-likeness (QED) is 0.842. The van der Waals surface area contributed by atoms with Gasteiger partial charge in [0.25, 0.3) is 0 Å². The Labute approximate surface area is 158 Å². The molecule has 148 valence electrons. The van der Waals surface area contributed by atoms with E-state index in [-0.39, 0.29) is 17.5 Å². The minimum atomic E-state index is -0.665. The third-order valence-corrected chi connectivity index (χ3v) is 5.34. The highest BCUT2D eigenvalue weighted by Gasteiger charge is 2.28. The second-order valence-electron chi connectivity index (χ2n) is 7.19. The first-order chi connectivity index (χ1) is 12.9. The Hall–Kier alpha value is -2.06. The molecule has 2 fully saturated rings. The number of nitrogens with zero attached hydrogens (tertiary/aromatic N) is 3. The number of amides is 2. The second-order valence-corrected chi connectivity index (χ2v) is 7.19. The van der Waals surface area contributed by atoms with Crippen molar-refractivity contribution in [1.29, 1.82) is 0 Å². The molecule has 0 radical (unpaired) electrons. The van der Waals surface area contributed by atoms with Gasteiger partial charge >= 0.3 is 0 Å². The van der Waals surface area contributed by atoms with E-state index in [0.717, 1.165) is 44.1 Å². The summed E-state index contributed by atoms with van der Waals surface area (Å²) in [6, 6.07) is 2.51. The van der Waals surface area contributed by atoms with E-state index >= 15 is 0 Å². The van der Waals surface area contributed by atoms with Crippen LogP contribution in [0.3, 0.4) is 0 Å². The molecule has 1 aromatic carbocycles. The molecule has 0 unspecified atom stereocenters. The summed E-state index contributed by atoms with van der Waals surface area (Å²) in [6.45, 7) is 6.57. The van der Waals surface area contributed by atoms with Crippen LogP contribution in [0.5, 0.6) is 0 Å². The normalized spacial score (nSPS) is 19.9. The highest BCUT2D eigenvalue weighted by atomic mass is 19.1. The first-order valence-corrected chi connectivity index (χ1v) is 9.44. The first-order valence-electron chi connectivity index (χ1n) is 9.44. The highest BCUT2D eigenvalue weighted by Crippen LogP contribution is 2.17. The van der Waals surface area contributed by atoms with Crippen molar-refractivity contribution in [1.82, 2.24) is 14.7 Å². The van der Waals surface area contributed by atoms with Crippen LogP contribution in [0.1, 0.15) is 19.8 Å². The number of hydrogen-bond acceptors (Lipinski definition) is 4. The van der Waals surface area contributed by atoms with Crippen molar-refractivity contribution in [3.63, 3.8) is 0 Å². The Morgan fingerprint density at radius 3 is 2.41 bits per heavy atom. The summed E-state index contributed by atoms with van der Waals surface area (Å²) >= 11 is 0. The van der Waals surface area contributed by atoms with Crippen molar-refractivity contribution in [3.05, 3.63) is 29.8 Å². The molecule has 1 N–H and O–H groups in total. The Kier molecular flexibility index (Phi) is 6.38.